The SMILES string of the molecule is Nc1ccnc(N2CC[C@H]3N(CC(=O)O)CCC[C@]3(C(=O)O)C2)n1. The number of fused-ring (bicyclic) bond motifs is 1. The maximum Gasteiger partial charge on any atom is 0.317 e. The Kier molecular flexibility index (Phi) is 4.27. The van der Waals surface area contributed by atoms with Crippen molar-refractivity contribution in [2.24, 2.45) is 5.41 Å². The summed E-state index contributed by atoms with van der Waals surface area (Å²) in [6, 6.07) is 1.29. The van der Waals surface area contributed by atoms with E-state index in [0.717, 1.165) is 0 Å². The molecular weight excluding hydrogens is 314 g/mol. The smallest absolute Gasteiger partial charge is 0.317 e. The first-order valence-corrected chi connectivity index (χ1v) is 7.95. The van der Waals surface area contributed by atoms with Crippen LogP contribution in [-0.2, 0) is 9.59 Å². The van der Waals surface area contributed by atoms with Crippen LogP contribution < -0.4 is 10.6 Å². The molecule has 1 aromatic rings. The van der Waals surface area contributed by atoms with Crippen LogP contribution in [0.1, 0.15) is 19.3 Å². The van der Waals surface area contributed by atoms with Gasteiger partial charge in [-0.3, -0.25) is 14.5 Å². The fourth-order valence-corrected chi connectivity index (χ4v) is 3.98. The molecule has 3 rings (SSSR count). The molecule has 2 fully saturated rings. The number of anilines is 2. The van der Waals surface area contributed by atoms with Gasteiger partial charge >= 0.3 is 11.9 Å². The molecule has 0 aliphatic carbocycles. The van der Waals surface area contributed by atoms with Gasteiger partial charge < -0.3 is 20.8 Å². The third-order valence-electron chi connectivity index (χ3n) is 5.00. The van der Waals surface area contributed by atoms with Gasteiger partial charge in [0.1, 0.15) is 11.2 Å². The van der Waals surface area contributed by atoms with Crippen LogP contribution >= 0.6 is 0 Å². The third-order valence-corrected chi connectivity index (χ3v) is 5.00. The molecule has 3 heterocycles. The highest BCUT2D eigenvalue weighted by atomic mass is 16.4. The fourth-order valence-electron chi connectivity index (χ4n) is 3.98. The molecule has 9 nitrogen and oxygen atoms in total. The Morgan fingerprint density at radius 1 is 1.38 bits per heavy atom. The van der Waals surface area contributed by atoms with Crippen molar-refractivity contribution in [1.29, 1.82) is 0 Å². The van der Waals surface area contributed by atoms with E-state index in [1.165, 1.54) is 0 Å². The second kappa shape index (κ2) is 6.23. The van der Waals surface area contributed by atoms with Crippen molar-refractivity contribution >= 4 is 23.7 Å². The molecule has 24 heavy (non-hydrogen) atoms. The topological polar surface area (TPSA) is 133 Å². The standard InChI is InChI=1S/C15H21N5O4/c16-11-2-5-17-14(18-11)20-7-3-10-15(9-20,13(23)24)4-1-6-19(10)8-12(21)22/h2,5,10H,1,3-4,6-9H2,(H,21,22)(H,23,24)(H2,16,17,18)/t10-,15+/m1/s1. The van der Waals surface area contributed by atoms with Crippen molar-refractivity contribution in [1.82, 2.24) is 14.9 Å². The Morgan fingerprint density at radius 3 is 2.83 bits per heavy atom. The number of nitrogen functional groups attached to an aromatic ring is 1. The van der Waals surface area contributed by atoms with E-state index in [-0.39, 0.29) is 19.1 Å². The van der Waals surface area contributed by atoms with Gasteiger partial charge in [-0.15, -0.1) is 0 Å². The normalized spacial score (nSPS) is 27.5. The van der Waals surface area contributed by atoms with E-state index in [1.807, 2.05) is 4.90 Å². The summed E-state index contributed by atoms with van der Waals surface area (Å²) in [5.74, 6) is -1.07. The minimum Gasteiger partial charge on any atom is -0.481 e. The Labute approximate surface area is 139 Å². The maximum atomic E-state index is 12.1. The van der Waals surface area contributed by atoms with Crippen LogP contribution in [-0.4, -0.2) is 69.2 Å². The molecule has 0 bridgehead atoms. The molecule has 2 saturated heterocycles. The first-order chi connectivity index (χ1) is 11.4. The van der Waals surface area contributed by atoms with Gasteiger partial charge in [-0.05, 0) is 31.9 Å². The largest absolute Gasteiger partial charge is 0.481 e. The first kappa shape index (κ1) is 16.4. The highest BCUT2D eigenvalue weighted by Gasteiger charge is 2.54. The van der Waals surface area contributed by atoms with Crippen LogP contribution in [0.4, 0.5) is 11.8 Å². The number of carbonyl (C=O) groups is 2. The minimum atomic E-state index is -1.01. The fraction of sp³-hybridized carbons (Fsp3) is 0.600. The molecule has 0 aromatic carbocycles. The van der Waals surface area contributed by atoms with Crippen molar-refractivity contribution < 1.29 is 19.8 Å². The van der Waals surface area contributed by atoms with E-state index in [0.29, 0.717) is 44.1 Å². The molecule has 0 unspecified atom stereocenters. The molecule has 9 heteroatoms. The lowest BCUT2D eigenvalue weighted by atomic mass is 9.69. The van der Waals surface area contributed by atoms with E-state index < -0.39 is 17.4 Å². The van der Waals surface area contributed by atoms with E-state index in [9.17, 15) is 14.7 Å². The number of carboxylic acid groups (broad SMARTS) is 2. The van der Waals surface area contributed by atoms with Gasteiger partial charge in [0.05, 0.1) is 6.54 Å². The zero-order valence-corrected chi connectivity index (χ0v) is 13.3. The second-order valence-electron chi connectivity index (χ2n) is 6.44. The minimum absolute atomic E-state index is 0.130. The number of hydrogen-bond donors (Lipinski definition) is 3. The third kappa shape index (κ3) is 2.86. The summed E-state index contributed by atoms with van der Waals surface area (Å²) in [6.45, 7) is 1.31. The molecule has 0 saturated carbocycles. The number of piperidine rings is 2. The zero-order valence-electron chi connectivity index (χ0n) is 13.3. The monoisotopic (exact) mass is 335 g/mol. The quantitative estimate of drug-likeness (QED) is 0.689. The number of hydrogen-bond acceptors (Lipinski definition) is 7. The molecule has 0 radical (unpaired) electrons. The highest BCUT2D eigenvalue weighted by molar-refractivity contribution is 5.78. The van der Waals surface area contributed by atoms with Crippen LogP contribution in [0.3, 0.4) is 0 Å². The summed E-state index contributed by atoms with van der Waals surface area (Å²) >= 11 is 0. The van der Waals surface area contributed by atoms with Crippen LogP contribution in [0.15, 0.2) is 12.3 Å². The Morgan fingerprint density at radius 2 is 2.17 bits per heavy atom. The summed E-state index contributed by atoms with van der Waals surface area (Å²) in [5, 5.41) is 19.0. The maximum absolute atomic E-state index is 12.1. The molecule has 0 amide bonds. The molecule has 2 atom stereocenters. The number of aliphatic carboxylic acids is 2. The summed E-state index contributed by atoms with van der Waals surface area (Å²) in [7, 11) is 0. The number of likely N-dealkylation sites (tertiary alicyclic amines) is 1. The van der Waals surface area contributed by atoms with E-state index in [1.54, 1.807) is 17.2 Å². The summed E-state index contributed by atoms with van der Waals surface area (Å²) in [6.07, 6.45) is 3.27. The van der Waals surface area contributed by atoms with Crippen molar-refractivity contribution in [3.63, 3.8) is 0 Å². The zero-order chi connectivity index (χ0) is 17.3. The molecular formula is C15H21N5O4. The van der Waals surface area contributed by atoms with Gasteiger partial charge in [-0.25, -0.2) is 4.98 Å². The number of rotatable bonds is 4. The molecule has 4 N–H and O–H groups in total. The van der Waals surface area contributed by atoms with Crippen LogP contribution in [0.2, 0.25) is 0 Å². The Hall–Kier alpha value is -2.42. The number of nitrogens with zero attached hydrogens (tertiary/aromatic N) is 4. The van der Waals surface area contributed by atoms with Crippen LogP contribution in [0.25, 0.3) is 0 Å². The van der Waals surface area contributed by atoms with Crippen molar-refractivity contribution in [2.75, 3.05) is 36.8 Å². The predicted octanol–water partition coefficient (Wildman–Crippen LogP) is -0.111. The lowest BCUT2D eigenvalue weighted by Crippen LogP contribution is -2.65. The molecule has 2 aliphatic rings. The Balaban J connectivity index is 1.89. The van der Waals surface area contributed by atoms with Crippen molar-refractivity contribution in [2.45, 2.75) is 25.3 Å². The lowest BCUT2D eigenvalue weighted by molar-refractivity contribution is -0.160. The Bertz CT molecular complexity index is 655. The van der Waals surface area contributed by atoms with Gasteiger partial charge in [0, 0.05) is 25.3 Å². The molecule has 130 valence electrons. The van der Waals surface area contributed by atoms with Gasteiger partial charge in [0.25, 0.3) is 0 Å². The van der Waals surface area contributed by atoms with Gasteiger partial charge in [0.2, 0.25) is 5.95 Å². The molecule has 2 aliphatic heterocycles. The summed E-state index contributed by atoms with van der Waals surface area (Å²) in [4.78, 5) is 35.2. The van der Waals surface area contributed by atoms with E-state index >= 15 is 0 Å². The van der Waals surface area contributed by atoms with Crippen molar-refractivity contribution in [3.8, 4) is 0 Å². The summed E-state index contributed by atoms with van der Waals surface area (Å²) in [5.41, 5.74) is 4.69. The average molecular weight is 335 g/mol. The van der Waals surface area contributed by atoms with Gasteiger partial charge in [-0.2, -0.15) is 4.98 Å². The van der Waals surface area contributed by atoms with Gasteiger partial charge in [-0.1, -0.05) is 0 Å². The number of carboxylic acids is 2. The predicted molar refractivity (Wildman–Crippen MR) is 85.6 cm³/mol. The first-order valence-electron chi connectivity index (χ1n) is 7.95. The highest BCUT2D eigenvalue weighted by Crippen LogP contribution is 2.42. The van der Waals surface area contributed by atoms with E-state index in [2.05, 4.69) is 9.97 Å². The number of aromatic nitrogens is 2. The lowest BCUT2D eigenvalue weighted by Gasteiger charge is -2.52. The summed E-state index contributed by atoms with van der Waals surface area (Å²) < 4.78 is 0. The van der Waals surface area contributed by atoms with Crippen LogP contribution in [0, 0.1) is 5.41 Å². The average Bonchev–Trinajstić information content (AvgIpc) is 2.54. The molecule has 1 aromatic heterocycles. The van der Waals surface area contributed by atoms with Crippen molar-refractivity contribution in [3.05, 3.63) is 12.3 Å². The molecule has 0 spiro atoms. The number of nitrogens with two attached hydrogens (primary N) is 1. The second-order valence-corrected chi connectivity index (χ2v) is 6.44. The van der Waals surface area contributed by atoms with Gasteiger partial charge in [0.15, 0.2) is 0 Å². The van der Waals surface area contributed by atoms with E-state index in [4.69, 9.17) is 10.8 Å². The van der Waals surface area contributed by atoms with Crippen LogP contribution in [0.5, 0.6) is 0 Å².